The van der Waals surface area contributed by atoms with Crippen LogP contribution in [0.2, 0.25) is 5.02 Å². The second-order valence-corrected chi connectivity index (χ2v) is 10.7. The van der Waals surface area contributed by atoms with E-state index in [0.29, 0.717) is 10.5 Å². The number of hydrogen-bond donors (Lipinski definition) is 2. The molecule has 214 valence electrons. The van der Waals surface area contributed by atoms with Gasteiger partial charge in [0.2, 0.25) is 0 Å². The highest BCUT2D eigenvalue weighted by Gasteiger charge is 2.43. The van der Waals surface area contributed by atoms with Crippen molar-refractivity contribution < 1.29 is 44.3 Å². The van der Waals surface area contributed by atoms with Crippen molar-refractivity contribution in [2.45, 2.75) is 37.0 Å². The van der Waals surface area contributed by atoms with Gasteiger partial charge < -0.3 is 10.6 Å². The summed E-state index contributed by atoms with van der Waals surface area (Å²) in [5, 5.41) is 7.24. The van der Waals surface area contributed by atoms with Crippen LogP contribution in [0.15, 0.2) is 41.6 Å². The molecule has 0 saturated carbocycles. The lowest BCUT2D eigenvalue weighted by molar-refractivity contribution is -0.174. The van der Waals surface area contributed by atoms with Gasteiger partial charge in [-0.25, -0.2) is 17.5 Å². The normalized spacial score (nSPS) is 15.6. The summed E-state index contributed by atoms with van der Waals surface area (Å²) in [6, 6.07) is 3.19. The fourth-order valence-corrected chi connectivity index (χ4v) is 5.89. The van der Waals surface area contributed by atoms with E-state index in [0.717, 1.165) is 25.3 Å². The number of pyridine rings is 1. The van der Waals surface area contributed by atoms with Gasteiger partial charge in [-0.3, -0.25) is 18.9 Å². The number of halogens is 7. The van der Waals surface area contributed by atoms with Crippen molar-refractivity contribution in [2.24, 2.45) is 0 Å². The molecule has 4 rings (SSSR count). The van der Waals surface area contributed by atoms with Gasteiger partial charge in [0.05, 0.1) is 58.3 Å². The molecular formula is C22H17ClF6N6O4S. The van der Waals surface area contributed by atoms with Crippen LogP contribution in [-0.2, 0) is 21.2 Å². The fourth-order valence-electron chi connectivity index (χ4n) is 3.96. The van der Waals surface area contributed by atoms with E-state index in [9.17, 15) is 44.3 Å². The second kappa shape index (κ2) is 10.6. The second-order valence-electron chi connectivity index (χ2n) is 8.49. The Bertz CT molecular complexity index is 1580. The van der Waals surface area contributed by atoms with Gasteiger partial charge in [-0.1, -0.05) is 17.7 Å². The number of sulfonamides is 1. The van der Waals surface area contributed by atoms with Crippen molar-refractivity contribution in [3.8, 4) is 0 Å². The average Bonchev–Trinajstić information content (AvgIpc) is 3.26. The minimum absolute atomic E-state index is 0.0863. The molecule has 2 amide bonds. The molecule has 3 heterocycles. The van der Waals surface area contributed by atoms with Crippen molar-refractivity contribution >= 4 is 44.8 Å². The summed E-state index contributed by atoms with van der Waals surface area (Å²) in [4.78, 5) is 27.6. The molecule has 1 atom stereocenters. The molecule has 3 aromatic rings. The van der Waals surface area contributed by atoms with Crippen molar-refractivity contribution in [2.75, 3.05) is 16.2 Å². The van der Waals surface area contributed by atoms with Gasteiger partial charge >= 0.3 is 18.6 Å². The zero-order valence-electron chi connectivity index (χ0n) is 20.0. The number of carbonyl (C=O) groups is 2. The van der Waals surface area contributed by atoms with Gasteiger partial charge in [-0.2, -0.15) is 27.1 Å². The number of nitrogens with zero attached hydrogens (tertiary/aromatic N) is 4. The fraction of sp³-hybridized carbons (Fsp3) is 0.273. The Morgan fingerprint density at radius 3 is 2.52 bits per heavy atom. The van der Waals surface area contributed by atoms with Crippen LogP contribution in [-0.4, -0.2) is 53.8 Å². The van der Waals surface area contributed by atoms with Gasteiger partial charge in [-0.05, 0) is 25.1 Å². The molecule has 1 aliphatic rings. The molecule has 0 fully saturated rings. The highest BCUT2D eigenvalue weighted by atomic mass is 35.5. The van der Waals surface area contributed by atoms with E-state index >= 15 is 0 Å². The van der Waals surface area contributed by atoms with Crippen molar-refractivity contribution in [1.29, 1.82) is 0 Å². The van der Waals surface area contributed by atoms with E-state index in [4.69, 9.17) is 11.6 Å². The number of carbonyl (C=O) groups excluding carboxylic acids is 2. The largest absolute Gasteiger partial charge is 0.471 e. The maximum Gasteiger partial charge on any atom is 0.471 e. The van der Waals surface area contributed by atoms with Crippen molar-refractivity contribution in [3.63, 3.8) is 0 Å². The number of fused-ring (bicyclic) bond motifs is 1. The Kier molecular flexibility index (Phi) is 7.72. The zero-order chi connectivity index (χ0) is 29.6. The highest BCUT2D eigenvalue weighted by molar-refractivity contribution is 7.92. The minimum Gasteiger partial charge on any atom is -0.343 e. The molecule has 0 saturated heterocycles. The first-order valence-electron chi connectivity index (χ1n) is 11.1. The summed E-state index contributed by atoms with van der Waals surface area (Å²) in [7, 11) is -4.78. The van der Waals surface area contributed by atoms with E-state index < -0.39 is 63.4 Å². The summed E-state index contributed by atoms with van der Waals surface area (Å²) in [5.74, 6) is -4.29. The molecule has 0 unspecified atom stereocenters. The van der Waals surface area contributed by atoms with Crippen LogP contribution < -0.4 is 14.9 Å². The lowest BCUT2D eigenvalue weighted by Crippen LogP contribution is -2.53. The molecule has 0 aliphatic carbocycles. The first-order valence-corrected chi connectivity index (χ1v) is 12.9. The maximum absolute atomic E-state index is 14.2. The Morgan fingerprint density at radius 2 is 1.93 bits per heavy atom. The number of aromatic nitrogens is 3. The lowest BCUT2D eigenvalue weighted by Gasteiger charge is -2.35. The standard InChI is InChI=1S/C22H17ClF6N6O4S/c1-10-17(9-34(33-10)21(25)26)40(38,39)35-8-12(32-20(37)22(27,28)29)5-15-16(35)6-11(7-30-15)31-19(36)18-13(23)3-2-4-14(18)24/h2-4,6-7,9,12,21H,5,8H2,1H3,(H,31,36)(H,32,37)/t12-/m1/s1. The van der Waals surface area contributed by atoms with Gasteiger partial charge in [0.1, 0.15) is 10.7 Å². The van der Waals surface area contributed by atoms with Crippen LogP contribution in [0.3, 0.4) is 0 Å². The van der Waals surface area contributed by atoms with Crippen LogP contribution in [0.1, 0.15) is 28.3 Å². The smallest absolute Gasteiger partial charge is 0.343 e. The molecule has 1 aliphatic heterocycles. The Morgan fingerprint density at radius 1 is 1.23 bits per heavy atom. The SMILES string of the molecule is Cc1nn(C(F)F)cc1S(=O)(=O)N1C[C@H](NC(=O)C(F)(F)F)Cc2ncc(NC(=O)c3c(F)cccc3Cl)cc21. The predicted octanol–water partition coefficient (Wildman–Crippen LogP) is 3.82. The topological polar surface area (TPSA) is 126 Å². The average molecular weight is 611 g/mol. The van der Waals surface area contributed by atoms with Gasteiger partial charge in [0.25, 0.3) is 15.9 Å². The zero-order valence-corrected chi connectivity index (χ0v) is 21.6. The molecule has 2 N–H and O–H groups in total. The van der Waals surface area contributed by atoms with E-state index in [-0.39, 0.29) is 38.9 Å². The van der Waals surface area contributed by atoms with Crippen LogP contribution in [0.4, 0.5) is 37.7 Å². The van der Waals surface area contributed by atoms with Gasteiger partial charge in [-0.15, -0.1) is 0 Å². The van der Waals surface area contributed by atoms with Crippen molar-refractivity contribution in [1.82, 2.24) is 20.1 Å². The first kappa shape index (κ1) is 29.1. The third-order valence-electron chi connectivity index (χ3n) is 5.72. The van der Waals surface area contributed by atoms with E-state index in [1.165, 1.54) is 12.1 Å². The summed E-state index contributed by atoms with van der Waals surface area (Å²) >= 11 is 5.91. The Balaban J connectivity index is 1.76. The van der Waals surface area contributed by atoms with Crippen molar-refractivity contribution in [3.05, 3.63) is 64.5 Å². The van der Waals surface area contributed by atoms with E-state index in [1.807, 2.05) is 0 Å². The Labute approximate surface area is 227 Å². The highest BCUT2D eigenvalue weighted by Crippen LogP contribution is 2.35. The van der Waals surface area contributed by atoms with Crippen LogP contribution in [0.25, 0.3) is 0 Å². The number of anilines is 2. The molecule has 40 heavy (non-hydrogen) atoms. The summed E-state index contributed by atoms with van der Waals surface area (Å²) in [6.07, 6.45) is -4.04. The number of nitrogens with one attached hydrogen (secondary N) is 2. The van der Waals surface area contributed by atoms with E-state index in [1.54, 1.807) is 5.32 Å². The minimum atomic E-state index is -5.27. The molecule has 1 aromatic carbocycles. The monoisotopic (exact) mass is 610 g/mol. The molecular weight excluding hydrogens is 594 g/mol. The van der Waals surface area contributed by atoms with Gasteiger partial charge in [0, 0.05) is 6.42 Å². The number of rotatable bonds is 6. The molecule has 18 heteroatoms. The number of aryl methyl sites for hydroxylation is 1. The molecule has 10 nitrogen and oxygen atoms in total. The number of hydrogen-bond acceptors (Lipinski definition) is 6. The van der Waals surface area contributed by atoms with Crippen LogP contribution >= 0.6 is 11.6 Å². The maximum atomic E-state index is 14.2. The summed E-state index contributed by atoms with van der Waals surface area (Å²) < 4.78 is 107. The van der Waals surface area contributed by atoms with Crippen LogP contribution in [0.5, 0.6) is 0 Å². The molecule has 0 radical (unpaired) electrons. The number of alkyl halides is 5. The Hall–Kier alpha value is -3.86. The summed E-state index contributed by atoms with van der Waals surface area (Å²) in [5.41, 5.74) is -1.35. The third kappa shape index (κ3) is 5.70. The predicted molar refractivity (Wildman–Crippen MR) is 128 cm³/mol. The summed E-state index contributed by atoms with van der Waals surface area (Å²) in [6.45, 7) is -2.81. The molecule has 0 spiro atoms. The number of benzene rings is 1. The molecule has 2 aromatic heterocycles. The number of amides is 2. The first-order chi connectivity index (χ1) is 18.6. The van der Waals surface area contributed by atoms with Crippen LogP contribution in [0, 0.1) is 12.7 Å². The molecule has 0 bridgehead atoms. The van der Waals surface area contributed by atoms with E-state index in [2.05, 4.69) is 15.4 Å². The van der Waals surface area contributed by atoms with Gasteiger partial charge in [0.15, 0.2) is 0 Å². The quantitative estimate of drug-likeness (QED) is 0.409. The lowest BCUT2D eigenvalue weighted by atomic mass is 10.0. The third-order valence-corrected chi connectivity index (χ3v) is 7.92.